The predicted molar refractivity (Wildman–Crippen MR) is 92.9 cm³/mol. The van der Waals surface area contributed by atoms with Crippen molar-refractivity contribution in [2.45, 2.75) is 0 Å². The van der Waals surface area contributed by atoms with E-state index in [9.17, 15) is 9.59 Å². The van der Waals surface area contributed by atoms with Crippen molar-refractivity contribution in [1.82, 2.24) is 9.13 Å². The van der Waals surface area contributed by atoms with Crippen LogP contribution >= 0.6 is 11.6 Å². The van der Waals surface area contributed by atoms with Gasteiger partial charge in [-0.15, -0.1) is 0 Å². The van der Waals surface area contributed by atoms with Gasteiger partial charge in [0.1, 0.15) is 0 Å². The number of aryl methyl sites for hydroxylation is 1. The Morgan fingerprint density at radius 2 is 1.54 bits per heavy atom. The number of nitrogens with zero attached hydrogens (tertiary/aromatic N) is 2. The zero-order chi connectivity index (χ0) is 17.4. The molecule has 0 radical (unpaired) electrons. The maximum atomic E-state index is 12.9. The predicted octanol–water partition coefficient (Wildman–Crippen LogP) is 2.36. The van der Waals surface area contributed by atoms with Crippen LogP contribution in [0.2, 0.25) is 5.02 Å². The first-order valence-corrected chi connectivity index (χ1v) is 7.49. The smallest absolute Gasteiger partial charge is 0.335 e. The second kappa shape index (κ2) is 6.05. The fourth-order valence-corrected chi connectivity index (χ4v) is 2.72. The molecule has 6 nitrogen and oxygen atoms in total. The third-order valence-corrected chi connectivity index (χ3v) is 4.11. The quantitative estimate of drug-likeness (QED) is 0.730. The van der Waals surface area contributed by atoms with Gasteiger partial charge >= 0.3 is 5.69 Å². The minimum atomic E-state index is -0.456. The lowest BCUT2D eigenvalue weighted by Crippen LogP contribution is -2.37. The molecule has 0 saturated heterocycles. The second-order valence-corrected chi connectivity index (χ2v) is 5.62. The molecule has 7 heteroatoms. The fourth-order valence-electron chi connectivity index (χ4n) is 2.60. The first-order valence-electron chi connectivity index (χ1n) is 7.11. The van der Waals surface area contributed by atoms with Crippen molar-refractivity contribution in [3.8, 4) is 17.2 Å². The Labute approximate surface area is 142 Å². The Morgan fingerprint density at radius 1 is 0.958 bits per heavy atom. The van der Waals surface area contributed by atoms with Gasteiger partial charge in [-0.2, -0.15) is 0 Å². The van der Waals surface area contributed by atoms with Crippen LogP contribution in [-0.4, -0.2) is 23.4 Å². The van der Waals surface area contributed by atoms with Gasteiger partial charge in [-0.05, 0) is 30.3 Å². The number of ether oxygens (including phenoxy) is 2. The van der Waals surface area contributed by atoms with Crippen LogP contribution in [0.25, 0.3) is 16.6 Å². The Hall–Kier alpha value is -2.73. The summed E-state index contributed by atoms with van der Waals surface area (Å²) in [5.74, 6) is 0.868. The van der Waals surface area contributed by atoms with E-state index in [1.165, 1.54) is 18.8 Å². The molecule has 0 atom stereocenters. The van der Waals surface area contributed by atoms with E-state index < -0.39 is 11.2 Å². The van der Waals surface area contributed by atoms with Crippen LogP contribution in [-0.2, 0) is 7.05 Å². The van der Waals surface area contributed by atoms with E-state index in [4.69, 9.17) is 21.1 Å². The van der Waals surface area contributed by atoms with E-state index in [1.807, 2.05) is 0 Å². The Bertz CT molecular complexity index is 1040. The number of aromatic nitrogens is 2. The van der Waals surface area contributed by atoms with Gasteiger partial charge in [0.15, 0.2) is 11.5 Å². The Balaban J connectivity index is 2.43. The number of benzene rings is 2. The molecule has 0 aliphatic heterocycles. The van der Waals surface area contributed by atoms with Gasteiger partial charge in [-0.1, -0.05) is 11.6 Å². The molecule has 0 aliphatic carbocycles. The molecular formula is C17H15ClN2O4. The third-order valence-electron chi connectivity index (χ3n) is 3.86. The largest absolute Gasteiger partial charge is 0.493 e. The highest BCUT2D eigenvalue weighted by Crippen LogP contribution is 2.30. The highest BCUT2D eigenvalue weighted by atomic mass is 35.5. The van der Waals surface area contributed by atoms with Gasteiger partial charge in [-0.3, -0.25) is 9.36 Å². The molecule has 1 aromatic heterocycles. The maximum Gasteiger partial charge on any atom is 0.335 e. The van der Waals surface area contributed by atoms with Crippen molar-refractivity contribution in [1.29, 1.82) is 0 Å². The zero-order valence-electron chi connectivity index (χ0n) is 13.4. The first-order chi connectivity index (χ1) is 11.5. The fraction of sp³-hybridized carbons (Fsp3) is 0.176. The van der Waals surface area contributed by atoms with E-state index in [1.54, 1.807) is 43.4 Å². The lowest BCUT2D eigenvalue weighted by molar-refractivity contribution is 0.355. The van der Waals surface area contributed by atoms with Crippen molar-refractivity contribution in [3.05, 3.63) is 62.3 Å². The number of rotatable bonds is 3. The van der Waals surface area contributed by atoms with Gasteiger partial charge in [0.2, 0.25) is 0 Å². The summed E-state index contributed by atoms with van der Waals surface area (Å²) in [6.45, 7) is 0. The SMILES string of the molecule is COc1cc2c(=O)n(-c3ccc(Cl)cc3)c(=O)n(C)c2cc1OC. The first kappa shape index (κ1) is 16.1. The molecule has 3 rings (SSSR count). The number of fused-ring (bicyclic) bond motifs is 1. The van der Waals surface area contributed by atoms with Crippen LogP contribution in [0.3, 0.4) is 0 Å². The lowest BCUT2D eigenvalue weighted by atomic mass is 10.2. The average molecular weight is 347 g/mol. The molecule has 0 bridgehead atoms. The van der Waals surface area contributed by atoms with Crippen LogP contribution in [0.5, 0.6) is 11.5 Å². The van der Waals surface area contributed by atoms with Gasteiger partial charge in [0.05, 0.1) is 30.8 Å². The Morgan fingerprint density at radius 3 is 2.12 bits per heavy atom. The van der Waals surface area contributed by atoms with Crippen LogP contribution in [0.1, 0.15) is 0 Å². The zero-order valence-corrected chi connectivity index (χ0v) is 14.1. The summed E-state index contributed by atoms with van der Waals surface area (Å²) >= 11 is 5.88. The normalized spacial score (nSPS) is 10.8. The van der Waals surface area contributed by atoms with E-state index in [2.05, 4.69) is 0 Å². The minimum Gasteiger partial charge on any atom is -0.493 e. The summed E-state index contributed by atoms with van der Waals surface area (Å²) in [4.78, 5) is 25.5. The highest BCUT2D eigenvalue weighted by Gasteiger charge is 2.16. The molecule has 124 valence electrons. The lowest BCUT2D eigenvalue weighted by Gasteiger charge is -2.14. The summed E-state index contributed by atoms with van der Waals surface area (Å²) in [7, 11) is 4.59. The molecule has 24 heavy (non-hydrogen) atoms. The van der Waals surface area contributed by atoms with Crippen LogP contribution in [0.4, 0.5) is 0 Å². The molecular weight excluding hydrogens is 332 g/mol. The van der Waals surface area contributed by atoms with Crippen LogP contribution in [0, 0.1) is 0 Å². The molecule has 0 N–H and O–H groups in total. The van der Waals surface area contributed by atoms with Gasteiger partial charge < -0.3 is 9.47 Å². The van der Waals surface area contributed by atoms with Crippen LogP contribution in [0.15, 0.2) is 46.0 Å². The minimum absolute atomic E-state index is 0.352. The molecule has 0 amide bonds. The molecule has 0 saturated carbocycles. The highest BCUT2D eigenvalue weighted by molar-refractivity contribution is 6.30. The summed E-state index contributed by atoms with van der Waals surface area (Å²) in [5, 5.41) is 0.875. The number of hydrogen-bond acceptors (Lipinski definition) is 4. The standard InChI is InChI=1S/C17H15ClN2O4/c1-19-13-9-15(24-3)14(23-2)8-12(13)16(21)20(17(19)22)11-6-4-10(18)5-7-11/h4-9H,1-3H3. The summed E-state index contributed by atoms with van der Waals surface area (Å²) in [5.41, 5.74) is 0.0213. The molecule has 0 spiro atoms. The second-order valence-electron chi connectivity index (χ2n) is 5.18. The van der Waals surface area contributed by atoms with E-state index in [-0.39, 0.29) is 0 Å². The molecule has 0 aliphatic rings. The summed E-state index contributed by atoms with van der Waals surface area (Å²) < 4.78 is 13.0. The van der Waals surface area contributed by atoms with Gasteiger partial charge in [0, 0.05) is 18.1 Å². The number of halogens is 1. The van der Waals surface area contributed by atoms with E-state index >= 15 is 0 Å². The van der Waals surface area contributed by atoms with E-state index in [0.717, 1.165) is 4.57 Å². The Kier molecular flexibility index (Phi) is 4.07. The summed E-state index contributed by atoms with van der Waals surface area (Å²) in [6.07, 6.45) is 0. The molecule has 3 aromatic rings. The number of methoxy groups -OCH3 is 2. The molecule has 1 heterocycles. The number of hydrogen-bond donors (Lipinski definition) is 0. The van der Waals surface area contributed by atoms with Crippen molar-refractivity contribution < 1.29 is 9.47 Å². The average Bonchev–Trinajstić information content (AvgIpc) is 2.60. The van der Waals surface area contributed by atoms with Gasteiger partial charge in [0.25, 0.3) is 5.56 Å². The van der Waals surface area contributed by atoms with E-state index in [0.29, 0.717) is 33.1 Å². The van der Waals surface area contributed by atoms with Crippen molar-refractivity contribution in [3.63, 3.8) is 0 Å². The molecule has 2 aromatic carbocycles. The summed E-state index contributed by atoms with van der Waals surface area (Å²) in [6, 6.07) is 9.68. The van der Waals surface area contributed by atoms with Crippen LogP contribution < -0.4 is 20.7 Å². The topological polar surface area (TPSA) is 62.5 Å². The van der Waals surface area contributed by atoms with Crippen molar-refractivity contribution in [2.24, 2.45) is 7.05 Å². The third kappa shape index (κ3) is 2.45. The van der Waals surface area contributed by atoms with Crippen molar-refractivity contribution in [2.75, 3.05) is 14.2 Å². The monoisotopic (exact) mass is 346 g/mol. The maximum absolute atomic E-state index is 12.9. The van der Waals surface area contributed by atoms with Gasteiger partial charge in [-0.25, -0.2) is 9.36 Å². The molecule has 0 fully saturated rings. The van der Waals surface area contributed by atoms with Crippen molar-refractivity contribution >= 4 is 22.5 Å². The molecule has 0 unspecified atom stereocenters.